The van der Waals surface area contributed by atoms with Crippen molar-refractivity contribution >= 4 is 0 Å². The molecule has 0 amide bonds. The number of phenolic OH excluding ortho intramolecular Hbond substituents is 4. The van der Waals surface area contributed by atoms with Gasteiger partial charge in [-0.05, 0) is 88.3 Å². The molecule has 0 saturated carbocycles. The van der Waals surface area contributed by atoms with Crippen molar-refractivity contribution in [1.29, 1.82) is 0 Å². The molecule has 6 rings (SSSR count). The van der Waals surface area contributed by atoms with Crippen LogP contribution in [0.1, 0.15) is 33.4 Å². The third kappa shape index (κ3) is 6.29. The van der Waals surface area contributed by atoms with E-state index >= 15 is 0 Å². The van der Waals surface area contributed by atoms with Crippen LogP contribution in [0.5, 0.6) is 23.0 Å². The van der Waals surface area contributed by atoms with E-state index in [1.165, 1.54) is 0 Å². The fourth-order valence-electron chi connectivity index (χ4n) is 5.26. The molecule has 4 nitrogen and oxygen atoms in total. The first-order valence-electron chi connectivity index (χ1n) is 13.7. The summed E-state index contributed by atoms with van der Waals surface area (Å²) in [5.74, 6) is 1.04. The van der Waals surface area contributed by atoms with Crippen LogP contribution in [0.3, 0.4) is 0 Å². The summed E-state index contributed by atoms with van der Waals surface area (Å²) in [7, 11) is 0. The number of hydrogen-bond donors (Lipinski definition) is 4. The summed E-state index contributed by atoms with van der Waals surface area (Å²) in [6.07, 6.45) is 0.806. The quantitative estimate of drug-likeness (QED) is 0.157. The molecular weight excluding hydrogens is 520 g/mol. The Morgan fingerprint density at radius 3 is 0.881 bits per heavy atom. The Hall–Kier alpha value is -5.48. The normalized spacial score (nSPS) is 10.9. The average molecular weight is 553 g/mol. The van der Waals surface area contributed by atoms with Gasteiger partial charge in [-0.15, -0.1) is 0 Å². The van der Waals surface area contributed by atoms with Gasteiger partial charge in [0, 0.05) is 0 Å². The summed E-state index contributed by atoms with van der Waals surface area (Å²) in [6, 6.07) is 49.6. The molecule has 4 heteroatoms. The summed E-state index contributed by atoms with van der Waals surface area (Å²) in [6.45, 7) is 0. The van der Waals surface area contributed by atoms with Gasteiger partial charge in [-0.2, -0.15) is 0 Å². The minimum absolute atomic E-state index is 0.236. The van der Waals surface area contributed by atoms with Crippen molar-refractivity contribution in [2.75, 3.05) is 0 Å². The van der Waals surface area contributed by atoms with Gasteiger partial charge in [-0.1, -0.05) is 109 Å². The van der Waals surface area contributed by atoms with E-state index in [1.807, 2.05) is 84.9 Å². The Bertz CT molecular complexity index is 1550. The molecule has 208 valence electrons. The first-order chi connectivity index (χ1) is 20.4. The van der Waals surface area contributed by atoms with Crippen molar-refractivity contribution in [2.45, 2.75) is 11.8 Å². The number of hydrogen-bond acceptors (Lipinski definition) is 4. The maximum atomic E-state index is 9.84. The third-order valence-corrected chi connectivity index (χ3v) is 7.30. The van der Waals surface area contributed by atoms with E-state index in [2.05, 4.69) is 24.3 Å². The molecule has 0 fully saturated rings. The van der Waals surface area contributed by atoms with Gasteiger partial charge in [0.1, 0.15) is 23.0 Å². The zero-order valence-corrected chi connectivity index (χ0v) is 23.0. The lowest BCUT2D eigenvalue weighted by molar-refractivity contribution is 0.474. The first kappa shape index (κ1) is 28.1. The van der Waals surface area contributed by atoms with Crippen LogP contribution in [0.25, 0.3) is 0 Å². The van der Waals surface area contributed by atoms with Gasteiger partial charge >= 0.3 is 0 Å². The Labute approximate surface area is 246 Å². The summed E-state index contributed by atoms with van der Waals surface area (Å²) < 4.78 is 0. The highest BCUT2D eigenvalue weighted by Crippen LogP contribution is 2.45. The molecule has 4 N–H and O–H groups in total. The van der Waals surface area contributed by atoms with E-state index in [9.17, 15) is 10.2 Å². The molecule has 0 spiro atoms. The smallest absolute Gasteiger partial charge is 0.115 e. The maximum absolute atomic E-state index is 9.84. The molecule has 0 heterocycles. The standard InChI is InChI=1S/C25H20O2.C13H12O2/c26-23-15-11-21(12-16-23)25(19-7-3-1-4-8-19,20-9-5-2-6-10-20)22-13-17-24(27)18-14-22;14-12-5-1-10(2-6-12)9-11-3-7-13(15)8-4-11/h1-18,26-27H;1-8,14-15H,9H2. The topological polar surface area (TPSA) is 80.9 Å². The molecule has 0 bridgehead atoms. The van der Waals surface area contributed by atoms with Crippen LogP contribution in [0, 0.1) is 0 Å². The molecule has 0 atom stereocenters. The van der Waals surface area contributed by atoms with Crippen LogP contribution in [0.4, 0.5) is 0 Å². The fourth-order valence-corrected chi connectivity index (χ4v) is 5.26. The zero-order valence-electron chi connectivity index (χ0n) is 23.0. The molecule has 0 radical (unpaired) electrons. The third-order valence-electron chi connectivity index (χ3n) is 7.30. The Morgan fingerprint density at radius 1 is 0.310 bits per heavy atom. The lowest BCUT2D eigenvalue weighted by Crippen LogP contribution is -2.30. The van der Waals surface area contributed by atoms with E-state index in [-0.39, 0.29) is 23.0 Å². The number of rotatable bonds is 6. The SMILES string of the molecule is Oc1ccc(C(c2ccccc2)(c2ccccc2)c2ccc(O)cc2)cc1.Oc1ccc(Cc2ccc(O)cc2)cc1. The van der Waals surface area contributed by atoms with Gasteiger partial charge in [0.15, 0.2) is 0 Å². The predicted molar refractivity (Wildman–Crippen MR) is 167 cm³/mol. The highest BCUT2D eigenvalue weighted by molar-refractivity contribution is 5.60. The predicted octanol–water partition coefficient (Wildman–Crippen LogP) is 8.17. The maximum Gasteiger partial charge on any atom is 0.115 e. The molecule has 6 aromatic rings. The molecule has 0 aliphatic rings. The van der Waals surface area contributed by atoms with E-state index < -0.39 is 5.41 Å². The fraction of sp³-hybridized carbons (Fsp3) is 0.0526. The van der Waals surface area contributed by atoms with E-state index in [0.717, 1.165) is 39.8 Å². The van der Waals surface area contributed by atoms with E-state index in [0.29, 0.717) is 0 Å². The minimum Gasteiger partial charge on any atom is -0.508 e. The first-order valence-corrected chi connectivity index (χ1v) is 13.7. The molecule has 0 unspecified atom stereocenters. The minimum atomic E-state index is -0.566. The van der Waals surface area contributed by atoms with Crippen LogP contribution >= 0.6 is 0 Å². The summed E-state index contributed by atoms with van der Waals surface area (Å²) >= 11 is 0. The molecular formula is C38H32O4. The second kappa shape index (κ2) is 12.8. The lowest BCUT2D eigenvalue weighted by atomic mass is 9.65. The van der Waals surface area contributed by atoms with Crippen molar-refractivity contribution in [3.8, 4) is 23.0 Å². The van der Waals surface area contributed by atoms with Crippen LogP contribution < -0.4 is 0 Å². The van der Waals surface area contributed by atoms with Crippen LogP contribution in [0.2, 0.25) is 0 Å². The van der Waals surface area contributed by atoms with Crippen molar-refractivity contribution in [3.05, 3.63) is 191 Å². The molecule has 6 aromatic carbocycles. The monoisotopic (exact) mass is 552 g/mol. The van der Waals surface area contributed by atoms with Gasteiger partial charge in [-0.3, -0.25) is 0 Å². The molecule has 0 aliphatic heterocycles. The second-order valence-corrected chi connectivity index (χ2v) is 10.1. The van der Waals surface area contributed by atoms with Gasteiger partial charge < -0.3 is 20.4 Å². The molecule has 0 aromatic heterocycles. The molecule has 0 saturated heterocycles. The van der Waals surface area contributed by atoms with Gasteiger partial charge in [0.05, 0.1) is 5.41 Å². The van der Waals surface area contributed by atoms with Crippen LogP contribution in [-0.4, -0.2) is 20.4 Å². The number of benzene rings is 6. The number of phenols is 4. The van der Waals surface area contributed by atoms with Gasteiger partial charge in [0.25, 0.3) is 0 Å². The lowest BCUT2D eigenvalue weighted by Gasteiger charge is -2.36. The molecule has 0 aliphatic carbocycles. The largest absolute Gasteiger partial charge is 0.508 e. The summed E-state index contributed by atoms with van der Waals surface area (Å²) in [5, 5.41) is 37.9. The van der Waals surface area contributed by atoms with E-state index in [4.69, 9.17) is 10.2 Å². The van der Waals surface area contributed by atoms with Crippen LogP contribution in [-0.2, 0) is 11.8 Å². The van der Waals surface area contributed by atoms with E-state index in [1.54, 1.807) is 48.5 Å². The van der Waals surface area contributed by atoms with Crippen molar-refractivity contribution in [3.63, 3.8) is 0 Å². The van der Waals surface area contributed by atoms with Crippen LogP contribution in [0.15, 0.2) is 158 Å². The van der Waals surface area contributed by atoms with Crippen molar-refractivity contribution < 1.29 is 20.4 Å². The Kier molecular flexibility index (Phi) is 8.55. The highest BCUT2D eigenvalue weighted by Gasteiger charge is 2.38. The van der Waals surface area contributed by atoms with Gasteiger partial charge in [-0.25, -0.2) is 0 Å². The summed E-state index contributed by atoms with van der Waals surface area (Å²) in [4.78, 5) is 0. The Balaban J connectivity index is 0.000000199. The van der Waals surface area contributed by atoms with Crippen molar-refractivity contribution in [1.82, 2.24) is 0 Å². The van der Waals surface area contributed by atoms with Gasteiger partial charge in [0.2, 0.25) is 0 Å². The number of aromatic hydroxyl groups is 4. The Morgan fingerprint density at radius 2 is 0.571 bits per heavy atom. The summed E-state index contributed by atoms with van der Waals surface area (Å²) in [5.41, 5.74) is 6.04. The molecule has 42 heavy (non-hydrogen) atoms. The second-order valence-electron chi connectivity index (χ2n) is 10.1. The average Bonchev–Trinajstić information content (AvgIpc) is 3.03. The zero-order chi connectivity index (χ0) is 29.4. The van der Waals surface area contributed by atoms with Crippen molar-refractivity contribution in [2.24, 2.45) is 0 Å². The highest BCUT2D eigenvalue weighted by atomic mass is 16.3.